The van der Waals surface area contributed by atoms with E-state index < -0.39 is 0 Å². The molecule has 0 N–H and O–H groups in total. The Labute approximate surface area is 49.6 Å². The van der Waals surface area contributed by atoms with E-state index in [1.807, 2.05) is 0 Å². The van der Waals surface area contributed by atoms with Crippen LogP contribution < -0.4 is 0 Å². The molecule has 0 amide bonds. The maximum absolute atomic E-state index is 2.26. The van der Waals surface area contributed by atoms with Gasteiger partial charge < -0.3 is 0 Å². The van der Waals surface area contributed by atoms with E-state index in [1.54, 1.807) is 0 Å². The Morgan fingerprint density at radius 1 is 1.60 bits per heavy atom. The van der Waals surface area contributed by atoms with Gasteiger partial charge in [-0.3, -0.25) is 0 Å². The Balaban J connectivity index is 2.54. The van der Waals surface area contributed by atoms with Crippen molar-refractivity contribution in [1.29, 1.82) is 0 Å². The van der Waals surface area contributed by atoms with Gasteiger partial charge in [0.2, 0.25) is 0 Å². The van der Waals surface area contributed by atoms with Crippen LogP contribution in [0.15, 0.2) is 0 Å². The summed E-state index contributed by atoms with van der Waals surface area (Å²) in [5.41, 5.74) is 0. The standard InChI is InChI=1S/C4H9.Pb/c1-4(2)3;/h4H,1H2,2-3H3;. The molecule has 0 rings (SSSR count). The van der Waals surface area contributed by atoms with Crippen LogP contribution in [-0.2, 0) is 0 Å². The first-order chi connectivity index (χ1) is 2.27. The van der Waals surface area contributed by atoms with Crippen LogP contribution in [0.1, 0.15) is 13.8 Å². The van der Waals surface area contributed by atoms with Crippen molar-refractivity contribution in [3.8, 4) is 0 Å². The molecular formula is C4H9Pb. The first-order valence-corrected chi connectivity index (χ1v) is 4.67. The van der Waals surface area contributed by atoms with E-state index in [2.05, 4.69) is 13.8 Å². The molecular weight excluding hydrogens is 255 g/mol. The van der Waals surface area contributed by atoms with Gasteiger partial charge in [-0.15, -0.1) is 0 Å². The molecule has 0 aromatic rings. The quantitative estimate of drug-likeness (QED) is 0.625. The maximum atomic E-state index is 2.26. The fourth-order valence-electron chi connectivity index (χ4n) is 0. The van der Waals surface area contributed by atoms with E-state index in [9.17, 15) is 0 Å². The third-order valence-corrected chi connectivity index (χ3v) is 3.58. The summed E-state index contributed by atoms with van der Waals surface area (Å²) >= 11 is 1.37. The molecule has 0 aliphatic rings. The summed E-state index contributed by atoms with van der Waals surface area (Å²) in [5.74, 6) is 0.946. The minimum absolute atomic E-state index is 0.946. The van der Waals surface area contributed by atoms with Crippen molar-refractivity contribution >= 4 is 25.8 Å². The van der Waals surface area contributed by atoms with Gasteiger partial charge in [0.05, 0.1) is 0 Å². The van der Waals surface area contributed by atoms with Gasteiger partial charge >= 0.3 is 49.5 Å². The predicted octanol–water partition coefficient (Wildman–Crippen LogP) is 1.23. The van der Waals surface area contributed by atoms with Crippen molar-refractivity contribution in [2.24, 2.45) is 5.92 Å². The van der Waals surface area contributed by atoms with Crippen LogP contribution in [-0.4, -0.2) is 25.8 Å². The van der Waals surface area contributed by atoms with Gasteiger partial charge in [0.15, 0.2) is 0 Å². The van der Waals surface area contributed by atoms with Crippen molar-refractivity contribution in [2.45, 2.75) is 17.8 Å². The zero-order chi connectivity index (χ0) is 4.28. The van der Waals surface area contributed by atoms with E-state index >= 15 is 0 Å². The van der Waals surface area contributed by atoms with Gasteiger partial charge in [-0.05, 0) is 0 Å². The molecule has 5 heavy (non-hydrogen) atoms. The Kier molecular flexibility index (Phi) is 3.70. The molecule has 29 valence electrons. The molecule has 0 nitrogen and oxygen atoms in total. The molecule has 1 heteroatoms. The monoisotopic (exact) mass is 265 g/mol. The molecule has 0 aliphatic heterocycles. The van der Waals surface area contributed by atoms with Crippen LogP contribution in [0.3, 0.4) is 0 Å². The zero-order valence-electron chi connectivity index (χ0n) is 3.78. The fraction of sp³-hybridized carbons (Fsp3) is 1.00. The van der Waals surface area contributed by atoms with Gasteiger partial charge in [-0.1, -0.05) is 0 Å². The average molecular weight is 264 g/mol. The summed E-state index contributed by atoms with van der Waals surface area (Å²) < 4.78 is 1.44. The van der Waals surface area contributed by atoms with Crippen LogP contribution in [0.25, 0.3) is 0 Å². The van der Waals surface area contributed by atoms with Gasteiger partial charge in [0, 0.05) is 0 Å². The summed E-state index contributed by atoms with van der Waals surface area (Å²) in [5, 5.41) is 0. The third kappa shape index (κ3) is 4.92. The fourth-order valence-corrected chi connectivity index (χ4v) is 0. The van der Waals surface area contributed by atoms with Gasteiger partial charge in [0.1, 0.15) is 0 Å². The van der Waals surface area contributed by atoms with Crippen LogP contribution >= 0.6 is 0 Å². The van der Waals surface area contributed by atoms with E-state index in [4.69, 9.17) is 0 Å². The summed E-state index contributed by atoms with van der Waals surface area (Å²) in [4.78, 5) is 0. The topological polar surface area (TPSA) is 0 Å². The first-order valence-electron chi connectivity index (χ1n) is 1.92. The Hall–Kier alpha value is 0.922. The van der Waals surface area contributed by atoms with Crippen molar-refractivity contribution in [1.82, 2.24) is 0 Å². The van der Waals surface area contributed by atoms with E-state index in [1.165, 1.54) is 29.7 Å². The van der Waals surface area contributed by atoms with Crippen molar-refractivity contribution < 1.29 is 0 Å². The molecule has 0 unspecified atom stereocenters. The Bertz CT molecular complexity index is 17.6. The van der Waals surface area contributed by atoms with E-state index in [0.717, 1.165) is 5.92 Å². The van der Waals surface area contributed by atoms with E-state index in [-0.39, 0.29) is 0 Å². The van der Waals surface area contributed by atoms with Gasteiger partial charge in [-0.2, -0.15) is 0 Å². The summed E-state index contributed by atoms with van der Waals surface area (Å²) in [6.45, 7) is 4.51. The summed E-state index contributed by atoms with van der Waals surface area (Å²) in [6, 6.07) is 0. The first kappa shape index (κ1) is 5.92. The summed E-state index contributed by atoms with van der Waals surface area (Å²) in [7, 11) is 0. The molecule has 0 atom stereocenters. The van der Waals surface area contributed by atoms with Crippen molar-refractivity contribution in [2.75, 3.05) is 0 Å². The number of hydrogen-bond donors (Lipinski definition) is 0. The van der Waals surface area contributed by atoms with E-state index in [0.29, 0.717) is 0 Å². The number of rotatable bonds is 1. The number of hydrogen-bond acceptors (Lipinski definition) is 0. The predicted molar refractivity (Wildman–Crippen MR) is 25.4 cm³/mol. The average Bonchev–Trinajstić information content (AvgIpc) is 1.38. The molecule has 0 aromatic carbocycles. The SMILES string of the molecule is CC(C)[CH2][Pb]. The molecule has 0 spiro atoms. The van der Waals surface area contributed by atoms with Gasteiger partial charge in [0.25, 0.3) is 0 Å². The minimum atomic E-state index is 0.946. The summed E-state index contributed by atoms with van der Waals surface area (Å²) in [6.07, 6.45) is 0. The third-order valence-electron chi connectivity index (χ3n) is 0.408. The normalized spacial score (nSPS) is 9.60. The molecule has 3 radical (unpaired) electrons. The van der Waals surface area contributed by atoms with Crippen LogP contribution in [0, 0.1) is 5.92 Å². The van der Waals surface area contributed by atoms with Gasteiger partial charge in [-0.25, -0.2) is 0 Å². The molecule has 0 heterocycles. The van der Waals surface area contributed by atoms with Crippen molar-refractivity contribution in [3.05, 3.63) is 0 Å². The molecule has 0 aromatic heterocycles. The molecule has 0 fully saturated rings. The van der Waals surface area contributed by atoms with Crippen LogP contribution in [0.2, 0.25) is 3.98 Å². The van der Waals surface area contributed by atoms with Crippen LogP contribution in [0.4, 0.5) is 0 Å². The zero-order valence-corrected chi connectivity index (χ0v) is 7.67. The molecule has 0 aliphatic carbocycles. The molecule has 0 saturated carbocycles. The van der Waals surface area contributed by atoms with Crippen LogP contribution in [0.5, 0.6) is 0 Å². The second-order valence-corrected chi connectivity index (χ2v) is 3.19. The molecule has 0 saturated heterocycles. The molecule has 0 bridgehead atoms. The second-order valence-electron chi connectivity index (χ2n) is 1.60. The second kappa shape index (κ2) is 3.13. The Morgan fingerprint density at radius 3 is 1.80 bits per heavy atom. The Morgan fingerprint density at radius 2 is 1.80 bits per heavy atom. The van der Waals surface area contributed by atoms with Crippen molar-refractivity contribution in [3.63, 3.8) is 0 Å².